The van der Waals surface area contributed by atoms with E-state index in [-0.39, 0.29) is 15.7 Å². The predicted octanol–water partition coefficient (Wildman–Crippen LogP) is 2.03. The summed E-state index contributed by atoms with van der Waals surface area (Å²) in [6.07, 6.45) is 0. The summed E-state index contributed by atoms with van der Waals surface area (Å²) in [7, 11) is 1.43. The van der Waals surface area contributed by atoms with Gasteiger partial charge in [0.05, 0.1) is 22.8 Å². The van der Waals surface area contributed by atoms with Gasteiger partial charge in [-0.1, -0.05) is 23.2 Å². The number of methoxy groups -OCH3 is 1. The molecule has 1 aromatic carbocycles. The van der Waals surface area contributed by atoms with Crippen molar-refractivity contribution in [2.45, 2.75) is 0 Å². The molecule has 5 nitrogen and oxygen atoms in total. The molecule has 0 atom stereocenters. The molecule has 0 bridgehead atoms. The molecule has 0 saturated heterocycles. The van der Waals surface area contributed by atoms with Gasteiger partial charge in [0.2, 0.25) is 0 Å². The molecule has 0 heterocycles. The van der Waals surface area contributed by atoms with Gasteiger partial charge < -0.3 is 15.2 Å². The van der Waals surface area contributed by atoms with E-state index in [9.17, 15) is 9.59 Å². The summed E-state index contributed by atoms with van der Waals surface area (Å²) in [6, 6.07) is 2.82. The van der Waals surface area contributed by atoms with Crippen molar-refractivity contribution in [1.82, 2.24) is 0 Å². The van der Waals surface area contributed by atoms with Crippen molar-refractivity contribution in [3.8, 4) is 5.75 Å². The zero-order valence-corrected chi connectivity index (χ0v) is 9.59. The molecule has 0 spiro atoms. The number of carbonyl (C=O) groups is 2. The second-order valence-corrected chi connectivity index (χ2v) is 3.54. The Hall–Kier alpha value is -1.46. The minimum atomic E-state index is -1.62. The molecule has 0 aliphatic heterocycles. The second-order valence-electron chi connectivity index (χ2n) is 2.73. The number of anilines is 1. The van der Waals surface area contributed by atoms with Crippen LogP contribution in [-0.4, -0.2) is 24.1 Å². The van der Waals surface area contributed by atoms with Crippen LogP contribution in [0.3, 0.4) is 0 Å². The number of halogens is 2. The fourth-order valence-electron chi connectivity index (χ4n) is 0.954. The summed E-state index contributed by atoms with van der Waals surface area (Å²) in [5.74, 6) is -2.43. The number of rotatable bonds is 2. The van der Waals surface area contributed by atoms with E-state index in [2.05, 4.69) is 5.32 Å². The fourth-order valence-corrected chi connectivity index (χ4v) is 1.52. The lowest BCUT2D eigenvalue weighted by Crippen LogP contribution is -2.22. The van der Waals surface area contributed by atoms with Gasteiger partial charge in [-0.2, -0.15) is 0 Å². The van der Waals surface area contributed by atoms with Crippen LogP contribution in [0.15, 0.2) is 12.1 Å². The highest BCUT2D eigenvalue weighted by Gasteiger charge is 2.16. The Kier molecular flexibility index (Phi) is 3.98. The van der Waals surface area contributed by atoms with Crippen molar-refractivity contribution in [2.75, 3.05) is 12.4 Å². The largest absolute Gasteiger partial charge is 0.497 e. The van der Waals surface area contributed by atoms with E-state index in [1.54, 1.807) is 0 Å². The summed E-state index contributed by atoms with van der Waals surface area (Å²) in [5.41, 5.74) is 0.0385. The van der Waals surface area contributed by atoms with Gasteiger partial charge in [0, 0.05) is 12.1 Å². The van der Waals surface area contributed by atoms with Crippen LogP contribution in [0.2, 0.25) is 10.0 Å². The van der Waals surface area contributed by atoms with Crippen molar-refractivity contribution < 1.29 is 19.4 Å². The Morgan fingerprint density at radius 2 is 1.81 bits per heavy atom. The fraction of sp³-hybridized carbons (Fsp3) is 0.111. The lowest BCUT2D eigenvalue weighted by Gasteiger charge is -2.09. The molecule has 1 aromatic rings. The number of amides is 1. The molecule has 0 aliphatic carbocycles. The van der Waals surface area contributed by atoms with E-state index in [1.807, 2.05) is 0 Å². The highest BCUT2D eigenvalue weighted by molar-refractivity contribution is 6.43. The van der Waals surface area contributed by atoms with Crippen molar-refractivity contribution >= 4 is 40.8 Å². The molecule has 0 aliphatic rings. The molecule has 0 aromatic heterocycles. The number of carboxylic acid groups (broad SMARTS) is 1. The summed E-state index contributed by atoms with van der Waals surface area (Å²) < 4.78 is 4.89. The van der Waals surface area contributed by atoms with Gasteiger partial charge >= 0.3 is 11.9 Å². The Bertz CT molecular complexity index is 424. The molecule has 1 amide bonds. The first kappa shape index (κ1) is 12.6. The number of nitrogens with one attached hydrogen (secondary N) is 1. The zero-order valence-electron chi connectivity index (χ0n) is 8.08. The number of ether oxygens (including phenoxy) is 1. The first-order chi connectivity index (χ1) is 7.45. The lowest BCUT2D eigenvalue weighted by atomic mass is 10.3. The lowest BCUT2D eigenvalue weighted by molar-refractivity contribution is -0.147. The van der Waals surface area contributed by atoms with Crippen LogP contribution in [0.5, 0.6) is 5.75 Å². The molecular formula is C9H7Cl2NO4. The summed E-state index contributed by atoms with van der Waals surface area (Å²) in [5, 5.41) is 10.7. The Labute approximate surface area is 101 Å². The van der Waals surface area contributed by atoms with Gasteiger partial charge in [-0.25, -0.2) is 4.79 Å². The normalized spacial score (nSPS) is 9.69. The van der Waals surface area contributed by atoms with Gasteiger partial charge in [-0.05, 0) is 0 Å². The van der Waals surface area contributed by atoms with Gasteiger partial charge in [-0.15, -0.1) is 0 Å². The molecule has 2 N–H and O–H groups in total. The maximum atomic E-state index is 10.9. The van der Waals surface area contributed by atoms with Gasteiger partial charge in [0.1, 0.15) is 5.75 Å². The third-order valence-corrected chi connectivity index (χ3v) is 2.28. The highest BCUT2D eigenvalue weighted by atomic mass is 35.5. The van der Waals surface area contributed by atoms with Crippen LogP contribution in [-0.2, 0) is 9.59 Å². The van der Waals surface area contributed by atoms with Crippen LogP contribution >= 0.6 is 23.2 Å². The van der Waals surface area contributed by atoms with E-state index in [1.165, 1.54) is 19.2 Å². The van der Waals surface area contributed by atoms with Crippen molar-refractivity contribution in [3.05, 3.63) is 22.2 Å². The van der Waals surface area contributed by atoms with Crippen LogP contribution in [0.4, 0.5) is 5.69 Å². The number of carbonyl (C=O) groups excluding carboxylic acids is 1. The van der Waals surface area contributed by atoms with E-state index >= 15 is 0 Å². The summed E-state index contributed by atoms with van der Waals surface area (Å²) >= 11 is 11.6. The minimum Gasteiger partial charge on any atom is -0.497 e. The van der Waals surface area contributed by atoms with Crippen molar-refractivity contribution in [1.29, 1.82) is 0 Å². The monoisotopic (exact) mass is 263 g/mol. The quantitative estimate of drug-likeness (QED) is 0.801. The van der Waals surface area contributed by atoms with Gasteiger partial charge in [0.15, 0.2) is 0 Å². The maximum Gasteiger partial charge on any atom is 0.394 e. The third-order valence-electron chi connectivity index (χ3n) is 1.68. The first-order valence-electron chi connectivity index (χ1n) is 4.03. The smallest absolute Gasteiger partial charge is 0.394 e. The Morgan fingerprint density at radius 3 is 2.19 bits per heavy atom. The van der Waals surface area contributed by atoms with E-state index in [0.717, 1.165) is 0 Å². The summed E-state index contributed by atoms with van der Waals surface area (Å²) in [4.78, 5) is 21.2. The minimum absolute atomic E-state index is 0.0385. The van der Waals surface area contributed by atoms with Gasteiger partial charge in [0.25, 0.3) is 0 Å². The SMILES string of the molecule is COc1cc(Cl)c(NC(=O)C(=O)O)c(Cl)c1. The maximum absolute atomic E-state index is 10.9. The third kappa shape index (κ3) is 2.77. The number of benzene rings is 1. The summed E-state index contributed by atoms with van der Waals surface area (Å²) in [6.45, 7) is 0. The second kappa shape index (κ2) is 5.05. The standard InChI is InChI=1S/C9H7Cl2NO4/c1-16-4-2-5(10)7(6(11)3-4)12-8(13)9(14)15/h2-3H,1H3,(H,12,13)(H,14,15). The van der Waals surface area contributed by atoms with Crippen LogP contribution in [0, 0.1) is 0 Å². The molecule has 0 saturated carbocycles. The van der Waals surface area contributed by atoms with E-state index in [0.29, 0.717) is 5.75 Å². The van der Waals surface area contributed by atoms with E-state index in [4.69, 9.17) is 33.0 Å². The number of carboxylic acids is 1. The Morgan fingerprint density at radius 1 is 1.31 bits per heavy atom. The first-order valence-corrected chi connectivity index (χ1v) is 4.78. The van der Waals surface area contributed by atoms with Crippen molar-refractivity contribution in [3.63, 3.8) is 0 Å². The van der Waals surface area contributed by atoms with Gasteiger partial charge in [-0.3, -0.25) is 4.79 Å². The number of aliphatic carboxylic acids is 1. The van der Waals surface area contributed by atoms with Crippen LogP contribution < -0.4 is 10.1 Å². The molecule has 1 rings (SSSR count). The predicted molar refractivity (Wildman–Crippen MR) is 59.3 cm³/mol. The molecule has 86 valence electrons. The highest BCUT2D eigenvalue weighted by Crippen LogP contribution is 2.34. The van der Waals surface area contributed by atoms with E-state index < -0.39 is 11.9 Å². The topological polar surface area (TPSA) is 75.6 Å². The van der Waals surface area contributed by atoms with Crippen molar-refractivity contribution in [2.24, 2.45) is 0 Å². The number of hydrogen-bond donors (Lipinski definition) is 2. The molecule has 0 radical (unpaired) electrons. The Balaban J connectivity index is 3.06. The zero-order chi connectivity index (χ0) is 12.3. The number of hydrogen-bond acceptors (Lipinski definition) is 3. The average Bonchev–Trinajstić information content (AvgIpc) is 2.22. The van der Waals surface area contributed by atoms with Crippen LogP contribution in [0.1, 0.15) is 0 Å². The average molecular weight is 264 g/mol. The molecule has 0 fully saturated rings. The molecule has 7 heteroatoms. The molecule has 0 unspecified atom stereocenters. The molecular weight excluding hydrogens is 257 g/mol. The molecule has 16 heavy (non-hydrogen) atoms. The van der Waals surface area contributed by atoms with Crippen LogP contribution in [0.25, 0.3) is 0 Å².